The minimum Gasteiger partial charge on any atom is -0.481 e. The Morgan fingerprint density at radius 3 is 2.61 bits per heavy atom. The van der Waals surface area contributed by atoms with E-state index < -0.39 is 17.8 Å². The second-order valence-electron chi connectivity index (χ2n) is 6.86. The Morgan fingerprint density at radius 1 is 1.18 bits per heavy atom. The summed E-state index contributed by atoms with van der Waals surface area (Å²) in [4.78, 5) is 35.7. The van der Waals surface area contributed by atoms with Crippen molar-refractivity contribution in [1.29, 1.82) is 0 Å². The predicted octanol–water partition coefficient (Wildman–Crippen LogP) is 3.05. The van der Waals surface area contributed by atoms with Crippen LogP contribution in [0.15, 0.2) is 48.5 Å². The zero-order valence-corrected chi connectivity index (χ0v) is 15.2. The van der Waals surface area contributed by atoms with Gasteiger partial charge < -0.3 is 15.7 Å². The molecule has 1 heterocycles. The fourth-order valence-electron chi connectivity index (χ4n) is 3.34. The minimum absolute atomic E-state index is 0.0948. The summed E-state index contributed by atoms with van der Waals surface area (Å²) in [5, 5.41) is 14.6. The molecule has 0 fully saturated rings. The van der Waals surface area contributed by atoms with E-state index in [-0.39, 0.29) is 30.6 Å². The number of carbonyl (C=O) groups is 3. The fourth-order valence-corrected chi connectivity index (χ4v) is 3.34. The SMILES string of the molecule is O=C(O)CC(NC(=O)CCC1Cc2ccccc2NC1=O)c1ccc(F)cc1. The summed E-state index contributed by atoms with van der Waals surface area (Å²) in [7, 11) is 0. The van der Waals surface area contributed by atoms with Gasteiger partial charge in [0.25, 0.3) is 0 Å². The van der Waals surface area contributed by atoms with E-state index >= 15 is 0 Å². The van der Waals surface area contributed by atoms with Gasteiger partial charge >= 0.3 is 5.97 Å². The van der Waals surface area contributed by atoms with Gasteiger partial charge in [0.1, 0.15) is 5.82 Å². The second kappa shape index (κ2) is 8.65. The molecule has 3 rings (SSSR count). The Bertz CT molecular complexity index is 882. The minimum atomic E-state index is -1.07. The van der Waals surface area contributed by atoms with Crippen molar-refractivity contribution in [2.45, 2.75) is 31.7 Å². The molecule has 2 aromatic rings. The summed E-state index contributed by atoms with van der Waals surface area (Å²) < 4.78 is 13.1. The summed E-state index contributed by atoms with van der Waals surface area (Å²) in [6, 6.07) is 12.1. The summed E-state index contributed by atoms with van der Waals surface area (Å²) in [6.07, 6.45) is 0.702. The van der Waals surface area contributed by atoms with Crippen LogP contribution >= 0.6 is 0 Å². The van der Waals surface area contributed by atoms with Gasteiger partial charge in [-0.3, -0.25) is 14.4 Å². The maximum atomic E-state index is 13.1. The number of aliphatic carboxylic acids is 1. The van der Waals surface area contributed by atoms with Gasteiger partial charge in [-0.05, 0) is 42.2 Å². The molecule has 7 heteroatoms. The molecule has 1 aliphatic heterocycles. The largest absolute Gasteiger partial charge is 0.481 e. The first-order chi connectivity index (χ1) is 13.4. The molecule has 3 N–H and O–H groups in total. The van der Waals surface area contributed by atoms with Crippen LogP contribution in [0.2, 0.25) is 0 Å². The van der Waals surface area contributed by atoms with Crippen LogP contribution in [0.4, 0.5) is 10.1 Å². The number of fused-ring (bicyclic) bond motifs is 1. The van der Waals surface area contributed by atoms with Crippen molar-refractivity contribution in [1.82, 2.24) is 5.32 Å². The normalized spacial score (nSPS) is 16.6. The quantitative estimate of drug-likeness (QED) is 0.684. The first-order valence-electron chi connectivity index (χ1n) is 9.08. The molecule has 0 saturated carbocycles. The van der Waals surface area contributed by atoms with E-state index in [0.29, 0.717) is 18.4 Å². The lowest BCUT2D eigenvalue weighted by Gasteiger charge is -2.24. The molecule has 2 unspecified atom stereocenters. The Morgan fingerprint density at radius 2 is 1.89 bits per heavy atom. The highest BCUT2D eigenvalue weighted by molar-refractivity contribution is 5.96. The molecule has 0 radical (unpaired) electrons. The van der Waals surface area contributed by atoms with E-state index in [0.717, 1.165) is 11.3 Å². The number of halogens is 1. The monoisotopic (exact) mass is 384 g/mol. The average molecular weight is 384 g/mol. The third-order valence-corrected chi connectivity index (χ3v) is 4.82. The van der Waals surface area contributed by atoms with Crippen LogP contribution in [-0.2, 0) is 20.8 Å². The topological polar surface area (TPSA) is 95.5 Å². The molecule has 1 aliphatic rings. The van der Waals surface area contributed by atoms with Crippen molar-refractivity contribution in [3.63, 3.8) is 0 Å². The number of rotatable bonds is 7. The molecule has 0 aliphatic carbocycles. The molecule has 2 amide bonds. The molecule has 6 nitrogen and oxygen atoms in total. The Hall–Kier alpha value is -3.22. The van der Waals surface area contributed by atoms with Crippen LogP contribution in [0.5, 0.6) is 0 Å². The van der Waals surface area contributed by atoms with Gasteiger partial charge in [-0.1, -0.05) is 30.3 Å². The first kappa shape index (κ1) is 19.5. The molecular formula is C21H21FN2O4. The van der Waals surface area contributed by atoms with Gasteiger partial charge in [-0.2, -0.15) is 0 Å². The highest BCUT2D eigenvalue weighted by Crippen LogP contribution is 2.27. The Kier molecular flexibility index (Phi) is 6.03. The highest BCUT2D eigenvalue weighted by Gasteiger charge is 2.27. The van der Waals surface area contributed by atoms with Crippen molar-refractivity contribution in [2.75, 3.05) is 5.32 Å². The molecule has 28 heavy (non-hydrogen) atoms. The van der Waals surface area contributed by atoms with Crippen LogP contribution in [0.1, 0.15) is 36.4 Å². The Balaban J connectivity index is 1.59. The van der Waals surface area contributed by atoms with Gasteiger partial charge in [0, 0.05) is 18.0 Å². The summed E-state index contributed by atoms with van der Waals surface area (Å²) in [5.74, 6) is -2.29. The molecule has 146 valence electrons. The van der Waals surface area contributed by atoms with E-state index in [4.69, 9.17) is 5.11 Å². The molecule has 2 aromatic carbocycles. The van der Waals surface area contributed by atoms with Crippen molar-refractivity contribution in [2.24, 2.45) is 5.92 Å². The number of carboxylic acids is 1. The smallest absolute Gasteiger partial charge is 0.305 e. The molecule has 0 bridgehead atoms. The average Bonchev–Trinajstić information content (AvgIpc) is 2.66. The number of anilines is 1. The van der Waals surface area contributed by atoms with E-state index in [2.05, 4.69) is 10.6 Å². The summed E-state index contributed by atoms with van der Waals surface area (Å²) in [6.45, 7) is 0. The predicted molar refractivity (Wildman–Crippen MR) is 101 cm³/mol. The van der Waals surface area contributed by atoms with Crippen LogP contribution in [0, 0.1) is 11.7 Å². The van der Waals surface area contributed by atoms with E-state index in [1.807, 2.05) is 24.3 Å². The maximum Gasteiger partial charge on any atom is 0.305 e. The lowest BCUT2D eigenvalue weighted by molar-refractivity contribution is -0.137. The number of nitrogens with one attached hydrogen (secondary N) is 2. The summed E-state index contributed by atoms with van der Waals surface area (Å²) >= 11 is 0. The van der Waals surface area contributed by atoms with Crippen LogP contribution in [0.3, 0.4) is 0 Å². The van der Waals surface area contributed by atoms with Gasteiger partial charge in [0.05, 0.1) is 12.5 Å². The van der Waals surface area contributed by atoms with Gasteiger partial charge in [0.2, 0.25) is 11.8 Å². The molecule has 2 atom stereocenters. The number of para-hydroxylation sites is 1. The fraction of sp³-hybridized carbons (Fsp3) is 0.286. The van der Waals surface area contributed by atoms with Gasteiger partial charge in [-0.15, -0.1) is 0 Å². The number of hydrogen-bond donors (Lipinski definition) is 3. The maximum absolute atomic E-state index is 13.1. The van der Waals surface area contributed by atoms with Crippen LogP contribution < -0.4 is 10.6 Å². The number of benzene rings is 2. The number of carboxylic acid groups (broad SMARTS) is 1. The molecule has 0 saturated heterocycles. The summed E-state index contributed by atoms with van der Waals surface area (Å²) in [5.41, 5.74) is 2.34. The molecule has 0 aromatic heterocycles. The van der Waals surface area contributed by atoms with E-state index in [9.17, 15) is 18.8 Å². The highest BCUT2D eigenvalue weighted by atomic mass is 19.1. The standard InChI is InChI=1S/C21H21FN2O4/c22-16-8-5-13(6-9-16)18(12-20(26)27)23-19(25)10-7-15-11-14-3-1-2-4-17(14)24-21(15)28/h1-6,8-9,15,18H,7,10-12H2,(H,23,25)(H,24,28)(H,26,27). The van der Waals surface area contributed by atoms with Crippen LogP contribution in [-0.4, -0.2) is 22.9 Å². The first-order valence-corrected chi connectivity index (χ1v) is 9.08. The van der Waals surface area contributed by atoms with Crippen LogP contribution in [0.25, 0.3) is 0 Å². The van der Waals surface area contributed by atoms with Gasteiger partial charge in [0.15, 0.2) is 0 Å². The van der Waals surface area contributed by atoms with Crippen molar-refractivity contribution in [3.05, 3.63) is 65.5 Å². The second-order valence-corrected chi connectivity index (χ2v) is 6.86. The van der Waals surface area contributed by atoms with Gasteiger partial charge in [-0.25, -0.2) is 4.39 Å². The third-order valence-electron chi connectivity index (χ3n) is 4.82. The lowest BCUT2D eigenvalue weighted by atomic mass is 9.89. The van der Waals surface area contributed by atoms with Crippen molar-refractivity contribution in [3.8, 4) is 0 Å². The van der Waals surface area contributed by atoms with Crippen molar-refractivity contribution >= 4 is 23.5 Å². The lowest BCUT2D eigenvalue weighted by Crippen LogP contribution is -2.33. The van der Waals surface area contributed by atoms with E-state index in [1.54, 1.807) is 0 Å². The van der Waals surface area contributed by atoms with Crippen molar-refractivity contribution < 1.29 is 23.9 Å². The number of hydrogen-bond acceptors (Lipinski definition) is 3. The number of carbonyl (C=O) groups excluding carboxylic acids is 2. The Labute approximate surface area is 161 Å². The van der Waals surface area contributed by atoms with E-state index in [1.165, 1.54) is 24.3 Å². The zero-order chi connectivity index (χ0) is 20.1. The number of amides is 2. The molecule has 0 spiro atoms. The third kappa shape index (κ3) is 4.94. The molecular weight excluding hydrogens is 363 g/mol. The zero-order valence-electron chi connectivity index (χ0n) is 15.2.